The number of hydrogen-bond acceptors (Lipinski definition) is 3. The van der Waals surface area contributed by atoms with Gasteiger partial charge in [0.05, 0.1) is 6.61 Å². The lowest BCUT2D eigenvalue weighted by atomic mass is 9.93. The van der Waals surface area contributed by atoms with Gasteiger partial charge in [-0.05, 0) is 44.0 Å². The van der Waals surface area contributed by atoms with Gasteiger partial charge in [-0.25, -0.2) is 0 Å². The third-order valence-corrected chi connectivity index (χ3v) is 4.55. The van der Waals surface area contributed by atoms with Gasteiger partial charge in [0.15, 0.2) is 0 Å². The van der Waals surface area contributed by atoms with Crippen LogP contribution >= 0.6 is 0 Å². The number of ether oxygens (including phenoxy) is 1. The third-order valence-electron chi connectivity index (χ3n) is 4.55. The van der Waals surface area contributed by atoms with Crippen LogP contribution in [-0.4, -0.2) is 30.6 Å². The zero-order valence-corrected chi connectivity index (χ0v) is 13.6. The van der Waals surface area contributed by atoms with Crippen molar-refractivity contribution in [2.24, 2.45) is 5.73 Å². The van der Waals surface area contributed by atoms with Crippen molar-refractivity contribution in [2.75, 3.05) is 19.7 Å². The highest BCUT2D eigenvalue weighted by atomic mass is 16.5. The number of hydrogen-bond donors (Lipinski definition) is 1. The number of nitrogens with zero attached hydrogens (tertiary/aromatic N) is 1. The molecule has 3 nitrogen and oxygen atoms in total. The zero-order valence-electron chi connectivity index (χ0n) is 13.6. The summed E-state index contributed by atoms with van der Waals surface area (Å²) in [5.74, 6) is 0.924. The van der Waals surface area contributed by atoms with Crippen LogP contribution in [0.1, 0.15) is 57.6 Å². The van der Waals surface area contributed by atoms with E-state index in [-0.39, 0.29) is 6.04 Å². The Morgan fingerprint density at radius 1 is 1.14 bits per heavy atom. The Balaban J connectivity index is 1.93. The van der Waals surface area contributed by atoms with E-state index in [0.29, 0.717) is 6.61 Å². The molecule has 1 atom stereocenters. The third kappa shape index (κ3) is 4.72. The Hall–Kier alpha value is -1.06. The molecule has 0 aromatic heterocycles. The van der Waals surface area contributed by atoms with Gasteiger partial charge in [0.2, 0.25) is 0 Å². The van der Waals surface area contributed by atoms with Crippen molar-refractivity contribution in [1.29, 1.82) is 0 Å². The van der Waals surface area contributed by atoms with Gasteiger partial charge in [0, 0.05) is 18.6 Å². The van der Waals surface area contributed by atoms with Crippen LogP contribution in [-0.2, 0) is 0 Å². The van der Waals surface area contributed by atoms with Crippen molar-refractivity contribution >= 4 is 0 Å². The average Bonchev–Trinajstić information content (AvgIpc) is 2.54. The van der Waals surface area contributed by atoms with E-state index >= 15 is 0 Å². The van der Waals surface area contributed by atoms with Crippen molar-refractivity contribution in [2.45, 2.75) is 58.0 Å². The fourth-order valence-corrected chi connectivity index (χ4v) is 3.32. The van der Waals surface area contributed by atoms with Crippen LogP contribution in [0.2, 0.25) is 0 Å². The van der Waals surface area contributed by atoms with Crippen molar-refractivity contribution < 1.29 is 4.74 Å². The summed E-state index contributed by atoms with van der Waals surface area (Å²) in [6.07, 6.45) is 6.82. The summed E-state index contributed by atoms with van der Waals surface area (Å²) >= 11 is 0. The maximum atomic E-state index is 6.42. The number of nitrogens with two attached hydrogens (primary N) is 1. The van der Waals surface area contributed by atoms with E-state index in [2.05, 4.69) is 24.0 Å². The average molecular weight is 290 g/mol. The first kappa shape index (κ1) is 16.3. The Kier molecular flexibility index (Phi) is 6.52. The lowest BCUT2D eigenvalue weighted by Gasteiger charge is -2.35. The number of benzene rings is 1. The second-order valence-corrected chi connectivity index (χ2v) is 5.99. The van der Waals surface area contributed by atoms with Gasteiger partial charge in [-0.3, -0.25) is 4.90 Å². The number of likely N-dealkylation sites (N-methyl/N-ethyl adjacent to an activating group) is 1. The predicted octanol–water partition coefficient (Wildman–Crippen LogP) is 3.74. The molecule has 1 aromatic carbocycles. The van der Waals surface area contributed by atoms with E-state index < -0.39 is 0 Å². The highest BCUT2D eigenvalue weighted by Gasteiger charge is 2.21. The minimum atomic E-state index is 0.0857. The second-order valence-electron chi connectivity index (χ2n) is 5.99. The first-order valence-electron chi connectivity index (χ1n) is 8.47. The highest BCUT2D eigenvalue weighted by molar-refractivity contribution is 5.29. The van der Waals surface area contributed by atoms with E-state index in [9.17, 15) is 0 Å². The molecule has 0 radical (unpaired) electrons. The van der Waals surface area contributed by atoms with E-state index in [4.69, 9.17) is 10.5 Å². The smallest absolute Gasteiger partial charge is 0.119 e. The first-order chi connectivity index (χ1) is 10.2. The van der Waals surface area contributed by atoms with Crippen LogP contribution in [0.25, 0.3) is 0 Å². The summed E-state index contributed by atoms with van der Waals surface area (Å²) in [5, 5.41) is 0. The lowest BCUT2D eigenvalue weighted by molar-refractivity contribution is 0.155. The van der Waals surface area contributed by atoms with Gasteiger partial charge in [0.1, 0.15) is 5.75 Å². The van der Waals surface area contributed by atoms with Crippen LogP contribution in [0.3, 0.4) is 0 Å². The lowest BCUT2D eigenvalue weighted by Crippen LogP contribution is -2.41. The standard InChI is InChI=1S/C18H30N2O/c1-3-20(16-8-6-5-7-9-16)14-18(19)15-10-12-17(13-11-15)21-4-2/h10-13,16,18H,3-9,14,19H2,1-2H3. The molecular formula is C18H30N2O. The molecule has 0 amide bonds. The second kappa shape index (κ2) is 8.40. The molecule has 0 spiro atoms. The van der Waals surface area contributed by atoms with Crippen molar-refractivity contribution in [1.82, 2.24) is 4.90 Å². The van der Waals surface area contributed by atoms with Crippen LogP contribution in [0, 0.1) is 0 Å². The van der Waals surface area contributed by atoms with Crippen LogP contribution in [0.5, 0.6) is 5.75 Å². The predicted molar refractivity (Wildman–Crippen MR) is 88.7 cm³/mol. The minimum absolute atomic E-state index is 0.0857. The van der Waals surface area contributed by atoms with Gasteiger partial charge < -0.3 is 10.5 Å². The molecule has 2 rings (SSSR count). The molecule has 3 heteroatoms. The molecule has 0 bridgehead atoms. The highest BCUT2D eigenvalue weighted by Crippen LogP contribution is 2.24. The van der Waals surface area contributed by atoms with Gasteiger partial charge in [-0.15, -0.1) is 0 Å². The molecule has 1 fully saturated rings. The Morgan fingerprint density at radius 3 is 2.38 bits per heavy atom. The van der Waals surface area contributed by atoms with Crippen LogP contribution < -0.4 is 10.5 Å². The maximum absolute atomic E-state index is 6.42. The molecule has 1 aromatic rings. The summed E-state index contributed by atoms with van der Waals surface area (Å²) in [4.78, 5) is 2.57. The molecule has 1 aliphatic rings. The van der Waals surface area contributed by atoms with Gasteiger partial charge >= 0.3 is 0 Å². The minimum Gasteiger partial charge on any atom is -0.494 e. The summed E-state index contributed by atoms with van der Waals surface area (Å²) in [6.45, 7) is 7.00. The van der Waals surface area contributed by atoms with E-state index in [0.717, 1.165) is 24.9 Å². The topological polar surface area (TPSA) is 38.5 Å². The first-order valence-corrected chi connectivity index (χ1v) is 8.47. The summed E-state index contributed by atoms with van der Waals surface area (Å²) in [7, 11) is 0. The molecule has 118 valence electrons. The van der Waals surface area contributed by atoms with Gasteiger partial charge in [-0.2, -0.15) is 0 Å². The van der Waals surface area contributed by atoms with Gasteiger partial charge in [0.25, 0.3) is 0 Å². The largest absolute Gasteiger partial charge is 0.494 e. The number of rotatable bonds is 7. The SMILES string of the molecule is CCOc1ccc(C(N)CN(CC)C2CCCCC2)cc1. The fourth-order valence-electron chi connectivity index (χ4n) is 3.32. The molecule has 0 aliphatic heterocycles. The summed E-state index contributed by atoms with van der Waals surface area (Å²) in [5.41, 5.74) is 7.62. The van der Waals surface area contributed by atoms with Crippen molar-refractivity contribution in [3.8, 4) is 5.75 Å². The summed E-state index contributed by atoms with van der Waals surface area (Å²) in [6, 6.07) is 9.07. The van der Waals surface area contributed by atoms with E-state index in [1.165, 1.54) is 37.7 Å². The normalized spacial score (nSPS) is 17.9. The Bertz CT molecular complexity index is 398. The Labute approximate surface area is 129 Å². The molecule has 0 saturated heterocycles. The molecule has 21 heavy (non-hydrogen) atoms. The molecule has 1 saturated carbocycles. The van der Waals surface area contributed by atoms with E-state index in [1.807, 2.05) is 19.1 Å². The fraction of sp³-hybridized carbons (Fsp3) is 0.667. The molecule has 1 aliphatic carbocycles. The van der Waals surface area contributed by atoms with Crippen molar-refractivity contribution in [3.63, 3.8) is 0 Å². The Morgan fingerprint density at radius 2 is 1.81 bits per heavy atom. The quantitative estimate of drug-likeness (QED) is 0.831. The van der Waals surface area contributed by atoms with Gasteiger partial charge in [-0.1, -0.05) is 38.3 Å². The van der Waals surface area contributed by atoms with Crippen LogP contribution in [0.15, 0.2) is 24.3 Å². The summed E-state index contributed by atoms with van der Waals surface area (Å²) < 4.78 is 5.49. The molecular weight excluding hydrogens is 260 g/mol. The van der Waals surface area contributed by atoms with E-state index in [1.54, 1.807) is 0 Å². The molecule has 2 N–H and O–H groups in total. The molecule has 1 unspecified atom stereocenters. The maximum Gasteiger partial charge on any atom is 0.119 e. The molecule has 0 heterocycles. The monoisotopic (exact) mass is 290 g/mol. The van der Waals surface area contributed by atoms with Crippen molar-refractivity contribution in [3.05, 3.63) is 29.8 Å². The van der Waals surface area contributed by atoms with Crippen LogP contribution in [0.4, 0.5) is 0 Å². The zero-order chi connectivity index (χ0) is 15.1.